The largest absolute Gasteiger partial charge is 0.508 e. The van der Waals surface area contributed by atoms with E-state index < -0.39 is 11.9 Å². The molecular formula is C13H17NO5. The Morgan fingerprint density at radius 1 is 1.32 bits per heavy atom. The lowest BCUT2D eigenvalue weighted by Gasteiger charge is -2.21. The van der Waals surface area contributed by atoms with Crippen LogP contribution in [0.3, 0.4) is 0 Å². The van der Waals surface area contributed by atoms with Crippen LogP contribution in [0.25, 0.3) is 0 Å². The molecule has 6 nitrogen and oxygen atoms in total. The van der Waals surface area contributed by atoms with Crippen LogP contribution in [0.5, 0.6) is 11.5 Å². The first-order chi connectivity index (χ1) is 8.99. The van der Waals surface area contributed by atoms with Gasteiger partial charge in [0, 0.05) is 12.6 Å². The zero-order valence-corrected chi connectivity index (χ0v) is 10.9. The lowest BCUT2D eigenvalue weighted by atomic mass is 10.1. The number of methoxy groups -OCH3 is 1. The Morgan fingerprint density at radius 2 is 2.00 bits per heavy atom. The van der Waals surface area contributed by atoms with Gasteiger partial charge in [-0.05, 0) is 18.6 Å². The molecule has 0 heterocycles. The molecule has 0 aliphatic rings. The van der Waals surface area contributed by atoms with Crippen LogP contribution in [0.4, 0.5) is 0 Å². The van der Waals surface area contributed by atoms with Crippen LogP contribution in [-0.2, 0) is 9.53 Å². The standard InChI is InChI=1S/C13H17NO5/c1-3-6-14(8-12(17)19-2)13(18)10-5-4-9(15)7-11(10)16/h4-5,7,15-16H,3,6,8H2,1-2H3. The number of ether oxygens (including phenoxy) is 1. The highest BCUT2D eigenvalue weighted by molar-refractivity contribution is 5.98. The molecule has 2 N–H and O–H groups in total. The molecule has 0 bridgehead atoms. The Hall–Kier alpha value is -2.24. The van der Waals surface area contributed by atoms with Crippen molar-refractivity contribution in [2.45, 2.75) is 13.3 Å². The molecule has 0 saturated carbocycles. The number of nitrogens with zero attached hydrogens (tertiary/aromatic N) is 1. The minimum absolute atomic E-state index is 0.0372. The van der Waals surface area contributed by atoms with Gasteiger partial charge in [-0.3, -0.25) is 9.59 Å². The fourth-order valence-corrected chi connectivity index (χ4v) is 1.61. The number of hydrogen-bond donors (Lipinski definition) is 2. The molecule has 19 heavy (non-hydrogen) atoms. The van der Waals surface area contributed by atoms with Gasteiger partial charge in [0.1, 0.15) is 18.0 Å². The third-order valence-electron chi connectivity index (χ3n) is 2.54. The number of phenolic OH excluding ortho intramolecular Hbond substituents is 2. The summed E-state index contributed by atoms with van der Waals surface area (Å²) in [5, 5.41) is 18.8. The number of amides is 1. The van der Waals surface area contributed by atoms with Crippen molar-refractivity contribution in [3.05, 3.63) is 23.8 Å². The summed E-state index contributed by atoms with van der Waals surface area (Å²) < 4.78 is 4.53. The second-order valence-electron chi connectivity index (χ2n) is 4.00. The van der Waals surface area contributed by atoms with Crippen LogP contribution < -0.4 is 0 Å². The van der Waals surface area contributed by atoms with Crippen molar-refractivity contribution in [3.63, 3.8) is 0 Å². The summed E-state index contributed by atoms with van der Waals surface area (Å²) >= 11 is 0. The van der Waals surface area contributed by atoms with Crippen molar-refractivity contribution < 1.29 is 24.5 Å². The molecule has 1 rings (SSSR count). The summed E-state index contributed by atoms with van der Waals surface area (Å²) in [6.07, 6.45) is 0.668. The van der Waals surface area contributed by atoms with Crippen molar-refractivity contribution >= 4 is 11.9 Å². The monoisotopic (exact) mass is 267 g/mol. The molecule has 0 aromatic heterocycles. The summed E-state index contributed by atoms with van der Waals surface area (Å²) in [6, 6.07) is 3.69. The molecule has 0 unspecified atom stereocenters. The maximum atomic E-state index is 12.2. The number of rotatable bonds is 5. The molecule has 0 aliphatic carbocycles. The number of phenols is 2. The first-order valence-corrected chi connectivity index (χ1v) is 5.87. The Balaban J connectivity index is 2.95. The van der Waals surface area contributed by atoms with E-state index in [1.807, 2.05) is 6.92 Å². The van der Waals surface area contributed by atoms with Gasteiger partial charge in [-0.15, -0.1) is 0 Å². The average Bonchev–Trinajstić information content (AvgIpc) is 2.37. The van der Waals surface area contributed by atoms with Crippen molar-refractivity contribution in [2.75, 3.05) is 20.2 Å². The number of carbonyl (C=O) groups excluding carboxylic acids is 2. The van der Waals surface area contributed by atoms with Crippen molar-refractivity contribution in [2.24, 2.45) is 0 Å². The zero-order chi connectivity index (χ0) is 14.4. The molecule has 0 saturated heterocycles. The third-order valence-corrected chi connectivity index (χ3v) is 2.54. The van der Waals surface area contributed by atoms with Crippen molar-refractivity contribution in [3.8, 4) is 11.5 Å². The normalized spacial score (nSPS) is 10.0. The van der Waals surface area contributed by atoms with E-state index in [4.69, 9.17) is 0 Å². The summed E-state index contributed by atoms with van der Waals surface area (Å²) in [5.74, 6) is -1.47. The molecule has 104 valence electrons. The van der Waals surface area contributed by atoms with Gasteiger partial charge in [-0.25, -0.2) is 0 Å². The molecule has 1 aromatic carbocycles. The van der Waals surface area contributed by atoms with Gasteiger partial charge in [0.2, 0.25) is 0 Å². The minimum atomic E-state index is -0.528. The SMILES string of the molecule is CCCN(CC(=O)OC)C(=O)c1ccc(O)cc1O. The minimum Gasteiger partial charge on any atom is -0.508 e. The Labute approximate surface area is 111 Å². The summed E-state index contributed by atoms with van der Waals surface area (Å²) in [4.78, 5) is 24.7. The van der Waals surface area contributed by atoms with Gasteiger partial charge in [0.25, 0.3) is 5.91 Å². The maximum absolute atomic E-state index is 12.2. The van der Waals surface area contributed by atoms with Gasteiger partial charge in [0.05, 0.1) is 12.7 Å². The summed E-state index contributed by atoms with van der Waals surface area (Å²) in [6.45, 7) is 2.06. The van der Waals surface area contributed by atoms with E-state index in [0.717, 1.165) is 6.07 Å². The first kappa shape index (κ1) is 14.8. The molecule has 1 amide bonds. The summed E-state index contributed by atoms with van der Waals surface area (Å²) in [7, 11) is 1.25. The highest BCUT2D eigenvalue weighted by Gasteiger charge is 2.21. The number of carbonyl (C=O) groups is 2. The van der Waals surface area contributed by atoms with E-state index in [-0.39, 0.29) is 23.6 Å². The maximum Gasteiger partial charge on any atom is 0.325 e. The molecule has 0 radical (unpaired) electrons. The Kier molecular flexibility index (Phi) is 5.17. The number of benzene rings is 1. The fraction of sp³-hybridized carbons (Fsp3) is 0.385. The molecule has 6 heteroatoms. The topological polar surface area (TPSA) is 87.1 Å². The van der Waals surface area contributed by atoms with Crippen LogP contribution in [0.1, 0.15) is 23.7 Å². The van der Waals surface area contributed by atoms with Crippen LogP contribution in [0.2, 0.25) is 0 Å². The molecular weight excluding hydrogens is 250 g/mol. The van der Waals surface area contributed by atoms with Crippen LogP contribution in [0, 0.1) is 0 Å². The lowest BCUT2D eigenvalue weighted by molar-refractivity contribution is -0.141. The van der Waals surface area contributed by atoms with Gasteiger partial charge in [-0.1, -0.05) is 6.92 Å². The Morgan fingerprint density at radius 3 is 2.53 bits per heavy atom. The quantitative estimate of drug-likeness (QED) is 0.781. The molecule has 1 aromatic rings. The Bertz CT molecular complexity index is 472. The molecule has 0 atom stereocenters. The number of aromatic hydroxyl groups is 2. The van der Waals surface area contributed by atoms with E-state index in [1.54, 1.807) is 0 Å². The first-order valence-electron chi connectivity index (χ1n) is 5.87. The van der Waals surface area contributed by atoms with E-state index in [9.17, 15) is 19.8 Å². The van der Waals surface area contributed by atoms with E-state index in [1.165, 1.54) is 24.1 Å². The van der Waals surface area contributed by atoms with E-state index in [0.29, 0.717) is 13.0 Å². The van der Waals surface area contributed by atoms with Gasteiger partial charge >= 0.3 is 5.97 Å². The van der Waals surface area contributed by atoms with Crippen LogP contribution >= 0.6 is 0 Å². The van der Waals surface area contributed by atoms with Gasteiger partial charge in [-0.2, -0.15) is 0 Å². The van der Waals surface area contributed by atoms with Crippen molar-refractivity contribution in [1.82, 2.24) is 4.90 Å². The molecule has 0 aliphatic heterocycles. The predicted octanol–water partition coefficient (Wildman–Crippen LogP) is 1.12. The van der Waals surface area contributed by atoms with Crippen molar-refractivity contribution in [1.29, 1.82) is 0 Å². The number of esters is 1. The predicted molar refractivity (Wildman–Crippen MR) is 68.0 cm³/mol. The van der Waals surface area contributed by atoms with Gasteiger partial charge in [0.15, 0.2) is 0 Å². The summed E-state index contributed by atoms with van der Waals surface area (Å²) in [5.41, 5.74) is 0.0372. The fourth-order valence-electron chi connectivity index (χ4n) is 1.61. The van der Waals surface area contributed by atoms with Crippen LogP contribution in [0.15, 0.2) is 18.2 Å². The second kappa shape index (κ2) is 6.63. The van der Waals surface area contributed by atoms with E-state index in [2.05, 4.69) is 4.74 Å². The highest BCUT2D eigenvalue weighted by Crippen LogP contribution is 2.23. The third kappa shape index (κ3) is 3.87. The average molecular weight is 267 g/mol. The van der Waals surface area contributed by atoms with E-state index >= 15 is 0 Å². The second-order valence-corrected chi connectivity index (χ2v) is 4.00. The zero-order valence-electron chi connectivity index (χ0n) is 10.9. The number of hydrogen-bond acceptors (Lipinski definition) is 5. The molecule has 0 fully saturated rings. The molecule has 0 spiro atoms. The van der Waals surface area contributed by atoms with Gasteiger partial charge < -0.3 is 19.8 Å². The smallest absolute Gasteiger partial charge is 0.325 e. The van der Waals surface area contributed by atoms with Crippen LogP contribution in [-0.4, -0.2) is 47.2 Å². The lowest BCUT2D eigenvalue weighted by Crippen LogP contribution is -2.36. The highest BCUT2D eigenvalue weighted by atomic mass is 16.5.